The predicted octanol–water partition coefficient (Wildman–Crippen LogP) is 0.737. The summed E-state index contributed by atoms with van der Waals surface area (Å²) in [6, 6.07) is -0.0762. The minimum absolute atomic E-state index is 0.0480. The largest absolute Gasteiger partial charge is 0.396 e. The van der Waals surface area contributed by atoms with Crippen LogP contribution in [0.15, 0.2) is 6.33 Å². The van der Waals surface area contributed by atoms with Gasteiger partial charge in [-0.25, -0.2) is 9.97 Å². The van der Waals surface area contributed by atoms with Crippen molar-refractivity contribution in [3.63, 3.8) is 0 Å². The van der Waals surface area contributed by atoms with Crippen LogP contribution in [-0.2, 0) is 0 Å². The van der Waals surface area contributed by atoms with Gasteiger partial charge in [-0.3, -0.25) is 9.89 Å². The van der Waals surface area contributed by atoms with E-state index >= 15 is 0 Å². The minimum atomic E-state index is -0.179. The first kappa shape index (κ1) is 13.6. The molecule has 0 aliphatic rings. The molecule has 0 fully saturated rings. The number of carbonyl (C=O) groups is 1. The summed E-state index contributed by atoms with van der Waals surface area (Å²) >= 11 is 1.27. The van der Waals surface area contributed by atoms with Gasteiger partial charge in [-0.2, -0.15) is 5.10 Å². The number of hydrogen-bond donors (Lipinski definition) is 3. The molecule has 102 valence electrons. The highest BCUT2D eigenvalue weighted by molar-refractivity contribution is 7.17. The Hall–Kier alpha value is -1.80. The number of aliphatic hydroxyl groups is 1. The minimum Gasteiger partial charge on any atom is -0.396 e. The van der Waals surface area contributed by atoms with Crippen molar-refractivity contribution >= 4 is 17.2 Å². The molecule has 0 spiro atoms. The number of H-pyrrole nitrogens is 1. The number of aliphatic hydroxyl groups excluding tert-OH is 1. The Bertz CT molecular complexity index is 551. The summed E-state index contributed by atoms with van der Waals surface area (Å²) in [4.78, 5) is 20.9. The number of thiazole rings is 1. The quantitative estimate of drug-likeness (QED) is 0.750. The van der Waals surface area contributed by atoms with Crippen LogP contribution < -0.4 is 5.32 Å². The normalized spacial score (nSPS) is 12.4. The molecule has 0 aliphatic carbocycles. The second-order valence-electron chi connectivity index (χ2n) is 4.15. The monoisotopic (exact) mass is 281 g/mol. The molecule has 19 heavy (non-hydrogen) atoms. The molecule has 0 saturated carbocycles. The summed E-state index contributed by atoms with van der Waals surface area (Å²) in [5.74, 6) is 0.372. The number of aromatic nitrogens is 4. The van der Waals surface area contributed by atoms with E-state index in [9.17, 15) is 4.79 Å². The summed E-state index contributed by atoms with van der Waals surface area (Å²) < 4.78 is 0. The maximum Gasteiger partial charge on any atom is 0.263 e. The SMILES string of the molecule is Cc1nc(-c2ncn[nH]2)sc1C(=O)NC(C)CCO. The molecule has 1 atom stereocenters. The number of nitrogens with one attached hydrogen (secondary N) is 2. The van der Waals surface area contributed by atoms with Crippen LogP contribution in [0.3, 0.4) is 0 Å². The van der Waals surface area contributed by atoms with Crippen molar-refractivity contribution in [2.24, 2.45) is 0 Å². The van der Waals surface area contributed by atoms with Crippen molar-refractivity contribution in [1.29, 1.82) is 0 Å². The van der Waals surface area contributed by atoms with Crippen LogP contribution in [-0.4, -0.2) is 43.8 Å². The van der Waals surface area contributed by atoms with Gasteiger partial charge in [0.25, 0.3) is 5.91 Å². The first-order valence-electron chi connectivity index (χ1n) is 5.86. The van der Waals surface area contributed by atoms with Crippen LogP contribution in [0.25, 0.3) is 10.8 Å². The Balaban J connectivity index is 2.14. The Morgan fingerprint density at radius 2 is 2.42 bits per heavy atom. The van der Waals surface area contributed by atoms with Gasteiger partial charge in [0.2, 0.25) is 0 Å². The third-order valence-corrected chi connectivity index (χ3v) is 3.72. The molecule has 2 aromatic heterocycles. The van der Waals surface area contributed by atoms with Crippen molar-refractivity contribution in [2.45, 2.75) is 26.3 Å². The van der Waals surface area contributed by atoms with Gasteiger partial charge >= 0.3 is 0 Å². The number of aromatic amines is 1. The highest BCUT2D eigenvalue weighted by Crippen LogP contribution is 2.24. The third-order valence-electron chi connectivity index (χ3n) is 2.56. The van der Waals surface area contributed by atoms with Gasteiger partial charge in [0.05, 0.1) is 5.69 Å². The molecule has 0 saturated heterocycles. The highest BCUT2D eigenvalue weighted by Gasteiger charge is 2.18. The second kappa shape index (κ2) is 5.89. The first-order chi connectivity index (χ1) is 9.11. The summed E-state index contributed by atoms with van der Waals surface area (Å²) in [6.45, 7) is 3.68. The van der Waals surface area contributed by atoms with Crippen LogP contribution >= 0.6 is 11.3 Å². The predicted molar refractivity (Wildman–Crippen MR) is 70.9 cm³/mol. The molecule has 8 heteroatoms. The van der Waals surface area contributed by atoms with E-state index in [1.54, 1.807) is 6.92 Å². The molecule has 1 unspecified atom stereocenters. The molecular formula is C11H15N5O2S. The van der Waals surface area contributed by atoms with E-state index in [-0.39, 0.29) is 18.6 Å². The molecule has 0 aromatic carbocycles. The highest BCUT2D eigenvalue weighted by atomic mass is 32.1. The lowest BCUT2D eigenvalue weighted by atomic mass is 10.2. The molecule has 2 aromatic rings. The smallest absolute Gasteiger partial charge is 0.263 e. The van der Waals surface area contributed by atoms with Crippen LogP contribution in [0.2, 0.25) is 0 Å². The maximum atomic E-state index is 12.1. The van der Waals surface area contributed by atoms with E-state index < -0.39 is 0 Å². The number of aryl methyl sites for hydroxylation is 1. The van der Waals surface area contributed by atoms with Crippen molar-refractivity contribution < 1.29 is 9.90 Å². The Kier molecular flexibility index (Phi) is 4.23. The van der Waals surface area contributed by atoms with Gasteiger partial charge in [0.15, 0.2) is 10.8 Å². The zero-order valence-electron chi connectivity index (χ0n) is 10.7. The van der Waals surface area contributed by atoms with E-state index in [0.717, 1.165) is 0 Å². The number of hydrogen-bond acceptors (Lipinski definition) is 6. The summed E-state index contributed by atoms with van der Waals surface area (Å²) in [6.07, 6.45) is 1.92. The fourth-order valence-electron chi connectivity index (χ4n) is 1.57. The number of carbonyl (C=O) groups excluding carboxylic acids is 1. The zero-order valence-corrected chi connectivity index (χ0v) is 11.5. The topological polar surface area (TPSA) is 104 Å². The molecular weight excluding hydrogens is 266 g/mol. The van der Waals surface area contributed by atoms with E-state index in [0.29, 0.717) is 27.8 Å². The van der Waals surface area contributed by atoms with Gasteiger partial charge in [0, 0.05) is 12.6 Å². The molecule has 2 heterocycles. The summed E-state index contributed by atoms with van der Waals surface area (Å²) in [5, 5.41) is 18.8. The average molecular weight is 281 g/mol. The molecule has 0 aliphatic heterocycles. The van der Waals surface area contributed by atoms with Crippen LogP contribution in [0.4, 0.5) is 0 Å². The Morgan fingerprint density at radius 1 is 1.63 bits per heavy atom. The molecule has 0 bridgehead atoms. The fraction of sp³-hybridized carbons (Fsp3) is 0.455. The van der Waals surface area contributed by atoms with Gasteiger partial charge in [-0.05, 0) is 20.3 Å². The lowest BCUT2D eigenvalue weighted by molar-refractivity contribution is 0.0937. The second-order valence-corrected chi connectivity index (χ2v) is 5.15. The van der Waals surface area contributed by atoms with Crippen molar-refractivity contribution in [1.82, 2.24) is 25.5 Å². The third kappa shape index (κ3) is 3.15. The van der Waals surface area contributed by atoms with Gasteiger partial charge in [-0.1, -0.05) is 0 Å². The molecule has 1 amide bonds. The average Bonchev–Trinajstić information content (AvgIpc) is 2.97. The number of nitrogens with zero attached hydrogens (tertiary/aromatic N) is 3. The maximum absolute atomic E-state index is 12.1. The summed E-state index contributed by atoms with van der Waals surface area (Å²) in [7, 11) is 0. The zero-order chi connectivity index (χ0) is 13.8. The fourth-order valence-corrected chi connectivity index (χ4v) is 2.49. The van der Waals surface area contributed by atoms with E-state index in [4.69, 9.17) is 5.11 Å². The van der Waals surface area contributed by atoms with Crippen molar-refractivity contribution in [2.75, 3.05) is 6.61 Å². The lowest BCUT2D eigenvalue weighted by Gasteiger charge is -2.11. The van der Waals surface area contributed by atoms with Crippen molar-refractivity contribution in [3.8, 4) is 10.8 Å². The number of rotatable bonds is 5. The van der Waals surface area contributed by atoms with Crippen LogP contribution in [0, 0.1) is 6.92 Å². The van der Waals surface area contributed by atoms with Gasteiger partial charge in [-0.15, -0.1) is 11.3 Å². The van der Waals surface area contributed by atoms with E-state index in [2.05, 4.69) is 25.5 Å². The van der Waals surface area contributed by atoms with Gasteiger partial charge in [0.1, 0.15) is 11.2 Å². The molecule has 0 radical (unpaired) electrons. The molecule has 2 rings (SSSR count). The lowest BCUT2D eigenvalue weighted by Crippen LogP contribution is -2.33. The Morgan fingerprint density at radius 3 is 3.05 bits per heavy atom. The molecule has 3 N–H and O–H groups in total. The van der Waals surface area contributed by atoms with Crippen LogP contribution in [0.1, 0.15) is 28.7 Å². The van der Waals surface area contributed by atoms with E-state index in [1.807, 2.05) is 6.92 Å². The van der Waals surface area contributed by atoms with Crippen LogP contribution in [0.5, 0.6) is 0 Å². The van der Waals surface area contributed by atoms with Crippen molar-refractivity contribution in [3.05, 3.63) is 16.9 Å². The van der Waals surface area contributed by atoms with E-state index in [1.165, 1.54) is 17.7 Å². The Labute approximate surface area is 114 Å². The molecule has 7 nitrogen and oxygen atoms in total. The summed E-state index contributed by atoms with van der Waals surface area (Å²) in [5.41, 5.74) is 0.657. The first-order valence-corrected chi connectivity index (χ1v) is 6.68. The standard InChI is InChI=1S/C11H15N5O2S/c1-6(3-4-17)14-10(18)8-7(2)15-11(19-8)9-12-5-13-16-9/h5-6,17H,3-4H2,1-2H3,(H,14,18)(H,12,13,16). The van der Waals surface area contributed by atoms with Gasteiger partial charge < -0.3 is 10.4 Å². The number of amides is 1.